The zero-order valence-corrected chi connectivity index (χ0v) is 11.5. The predicted octanol–water partition coefficient (Wildman–Crippen LogP) is 2.22. The fraction of sp³-hybridized carbons (Fsp3) is 0.158. The third kappa shape index (κ3) is 7.99. The largest absolute Gasteiger partial charge is 0.361 e. The maximum atomic E-state index is 3.04. The van der Waals surface area contributed by atoms with Gasteiger partial charge in [-0.15, -0.1) is 0 Å². The number of hydrogen-bond acceptors (Lipinski definition) is 1. The molecule has 1 nitrogen and oxygen atoms in total. The molecule has 20 heavy (non-hydrogen) atoms. The number of nitrogens with one attached hydrogen (secondary N) is 1. The smallest absolute Gasteiger partial charge is 0.0464 e. The highest BCUT2D eigenvalue weighted by Crippen LogP contribution is 1.96. The number of dihydropyridines is 1. The second-order valence-electron chi connectivity index (χ2n) is 3.91. The Morgan fingerprint density at radius 2 is 1.55 bits per heavy atom. The molecule has 0 spiro atoms. The van der Waals surface area contributed by atoms with Gasteiger partial charge >= 0.3 is 0 Å². The van der Waals surface area contributed by atoms with Gasteiger partial charge in [-0.25, -0.2) is 0 Å². The maximum Gasteiger partial charge on any atom is 0.0464 e. The predicted molar refractivity (Wildman–Crippen MR) is 83.2 cm³/mol. The second kappa shape index (κ2) is 9.81. The minimum Gasteiger partial charge on any atom is -0.361 e. The molecule has 0 aliphatic carbocycles. The Morgan fingerprint density at radius 3 is 2.15 bits per heavy atom. The molecule has 1 rings (SSSR count). The molecule has 1 N–H and O–H groups in total. The van der Waals surface area contributed by atoms with Gasteiger partial charge in [-0.05, 0) is 59.5 Å². The van der Waals surface area contributed by atoms with Crippen LogP contribution >= 0.6 is 0 Å². The van der Waals surface area contributed by atoms with E-state index in [4.69, 9.17) is 0 Å². The summed E-state index contributed by atoms with van der Waals surface area (Å²) in [7, 11) is 0. The quantitative estimate of drug-likeness (QED) is 0.654. The molecule has 0 aromatic rings. The summed E-state index contributed by atoms with van der Waals surface area (Å²) >= 11 is 0. The summed E-state index contributed by atoms with van der Waals surface area (Å²) in [4.78, 5) is 0. The van der Waals surface area contributed by atoms with Crippen molar-refractivity contribution in [2.45, 2.75) is 13.8 Å². The van der Waals surface area contributed by atoms with Crippen molar-refractivity contribution in [3.8, 4) is 59.2 Å². The lowest BCUT2D eigenvalue weighted by atomic mass is 10.2. The van der Waals surface area contributed by atoms with E-state index >= 15 is 0 Å². The zero-order valence-electron chi connectivity index (χ0n) is 11.5. The SMILES string of the molecule is CC(C)C#CC#CC#CC#CC#C/C=C1\C=CC=CN1. The normalized spacial score (nSPS) is 12.1. The minimum absolute atomic E-state index is 0.324. The van der Waals surface area contributed by atoms with E-state index in [9.17, 15) is 0 Å². The standard InChI is InChI=1S/C19H13N/c1-18(2)14-10-8-6-4-3-5-7-9-11-15-19-16-12-13-17-20-19/h12-13,15-18,20H,1-2H3/b19-15+. The fourth-order valence-corrected chi connectivity index (χ4v) is 1.01. The van der Waals surface area contributed by atoms with Crippen LogP contribution in [0.15, 0.2) is 36.2 Å². The van der Waals surface area contributed by atoms with Gasteiger partial charge in [-0.3, -0.25) is 0 Å². The van der Waals surface area contributed by atoms with Gasteiger partial charge in [0.1, 0.15) is 0 Å². The summed E-state index contributed by atoms with van der Waals surface area (Å²) in [6.45, 7) is 4.02. The Hall–Kier alpha value is -3.18. The molecule has 0 saturated carbocycles. The molecular weight excluding hydrogens is 242 g/mol. The lowest BCUT2D eigenvalue weighted by Gasteiger charge is -2.01. The number of allylic oxidation sites excluding steroid dienone is 4. The Morgan fingerprint density at radius 1 is 0.900 bits per heavy atom. The van der Waals surface area contributed by atoms with Crippen molar-refractivity contribution < 1.29 is 0 Å². The van der Waals surface area contributed by atoms with Crippen LogP contribution in [0, 0.1) is 65.1 Å². The molecule has 0 saturated heterocycles. The highest BCUT2D eigenvalue weighted by Gasteiger charge is 1.87. The fourth-order valence-electron chi connectivity index (χ4n) is 1.01. The average Bonchev–Trinajstić information content (AvgIpc) is 2.45. The van der Waals surface area contributed by atoms with Crippen LogP contribution in [0.2, 0.25) is 0 Å². The van der Waals surface area contributed by atoms with Gasteiger partial charge in [0.15, 0.2) is 0 Å². The van der Waals surface area contributed by atoms with E-state index in [0.29, 0.717) is 5.92 Å². The maximum absolute atomic E-state index is 3.04. The number of hydrogen-bond donors (Lipinski definition) is 1. The third-order valence-electron chi connectivity index (χ3n) is 1.83. The first-order valence-electron chi connectivity index (χ1n) is 6.10. The molecule has 0 aromatic carbocycles. The molecule has 0 bridgehead atoms. The van der Waals surface area contributed by atoms with Crippen molar-refractivity contribution in [3.63, 3.8) is 0 Å². The summed E-state index contributed by atoms with van der Waals surface area (Å²) < 4.78 is 0. The molecule has 94 valence electrons. The van der Waals surface area contributed by atoms with E-state index < -0.39 is 0 Å². The first kappa shape index (κ1) is 14.9. The minimum atomic E-state index is 0.324. The van der Waals surface area contributed by atoms with Gasteiger partial charge in [0.05, 0.1) is 0 Å². The van der Waals surface area contributed by atoms with E-state index in [2.05, 4.69) is 64.5 Å². The van der Waals surface area contributed by atoms with Crippen molar-refractivity contribution >= 4 is 0 Å². The summed E-state index contributed by atoms with van der Waals surface area (Å²) in [5.74, 6) is 27.1. The average molecular weight is 255 g/mol. The molecule has 1 aliphatic rings. The van der Waals surface area contributed by atoms with E-state index in [0.717, 1.165) is 5.70 Å². The summed E-state index contributed by atoms with van der Waals surface area (Å²) in [5.41, 5.74) is 0.933. The molecule has 0 fully saturated rings. The van der Waals surface area contributed by atoms with Gasteiger partial charge in [0.25, 0.3) is 0 Å². The van der Waals surface area contributed by atoms with Crippen molar-refractivity contribution in [2.75, 3.05) is 0 Å². The van der Waals surface area contributed by atoms with Crippen LogP contribution in [0.3, 0.4) is 0 Å². The Kier molecular flexibility index (Phi) is 7.30. The highest BCUT2D eigenvalue weighted by atomic mass is 14.8. The Labute approximate surface area is 121 Å². The Balaban J connectivity index is 2.44. The van der Waals surface area contributed by atoms with Crippen molar-refractivity contribution in [1.29, 1.82) is 0 Å². The first-order valence-corrected chi connectivity index (χ1v) is 6.10. The van der Waals surface area contributed by atoms with Gasteiger partial charge < -0.3 is 5.32 Å². The second-order valence-corrected chi connectivity index (χ2v) is 3.91. The van der Waals surface area contributed by atoms with Gasteiger partial charge in [-0.1, -0.05) is 31.8 Å². The van der Waals surface area contributed by atoms with E-state index in [-0.39, 0.29) is 0 Å². The molecule has 0 unspecified atom stereocenters. The van der Waals surface area contributed by atoms with Gasteiger partial charge in [0.2, 0.25) is 0 Å². The molecule has 1 heterocycles. The summed E-state index contributed by atoms with van der Waals surface area (Å²) in [6.07, 6.45) is 9.36. The summed E-state index contributed by atoms with van der Waals surface area (Å²) in [6, 6.07) is 0. The van der Waals surface area contributed by atoms with Crippen LogP contribution in [0.4, 0.5) is 0 Å². The topological polar surface area (TPSA) is 12.0 Å². The molecule has 1 aliphatic heterocycles. The van der Waals surface area contributed by atoms with Crippen LogP contribution in [-0.4, -0.2) is 0 Å². The van der Waals surface area contributed by atoms with Gasteiger partial charge in [-0.2, -0.15) is 0 Å². The number of rotatable bonds is 0. The highest BCUT2D eigenvalue weighted by molar-refractivity contribution is 5.44. The molecule has 0 amide bonds. The van der Waals surface area contributed by atoms with Crippen LogP contribution < -0.4 is 5.32 Å². The van der Waals surface area contributed by atoms with Crippen LogP contribution in [0.25, 0.3) is 0 Å². The molecule has 1 heteroatoms. The summed E-state index contributed by atoms with van der Waals surface area (Å²) in [5, 5.41) is 3.04. The van der Waals surface area contributed by atoms with Crippen LogP contribution in [0.1, 0.15) is 13.8 Å². The van der Waals surface area contributed by atoms with E-state index in [1.165, 1.54) is 0 Å². The van der Waals surface area contributed by atoms with E-state index in [1.807, 2.05) is 38.3 Å². The third-order valence-corrected chi connectivity index (χ3v) is 1.83. The first-order chi connectivity index (χ1) is 9.79. The lowest BCUT2D eigenvalue weighted by molar-refractivity contribution is 0.867. The molecule has 0 radical (unpaired) electrons. The lowest BCUT2D eigenvalue weighted by Crippen LogP contribution is -2.03. The monoisotopic (exact) mass is 255 g/mol. The molecule has 0 atom stereocenters. The van der Waals surface area contributed by atoms with E-state index in [1.54, 1.807) is 6.08 Å². The van der Waals surface area contributed by atoms with Crippen molar-refractivity contribution in [1.82, 2.24) is 5.32 Å². The Bertz CT molecular complexity index is 731. The van der Waals surface area contributed by atoms with Crippen LogP contribution in [0.5, 0.6) is 0 Å². The van der Waals surface area contributed by atoms with Crippen molar-refractivity contribution in [2.24, 2.45) is 5.92 Å². The van der Waals surface area contributed by atoms with Gasteiger partial charge in [0, 0.05) is 23.9 Å². The zero-order chi connectivity index (χ0) is 14.5. The molecular formula is C19H13N. The van der Waals surface area contributed by atoms with Crippen LogP contribution in [-0.2, 0) is 0 Å². The molecule has 0 aromatic heterocycles. The van der Waals surface area contributed by atoms with Crippen molar-refractivity contribution in [3.05, 3.63) is 36.2 Å².